The van der Waals surface area contributed by atoms with E-state index in [4.69, 9.17) is 0 Å². The molecule has 0 aliphatic carbocycles. The van der Waals surface area contributed by atoms with Crippen molar-refractivity contribution in [1.29, 1.82) is 0 Å². The second-order valence-electron chi connectivity index (χ2n) is 6.07. The summed E-state index contributed by atoms with van der Waals surface area (Å²) in [5.74, 6) is -2.76. The molecule has 25 heavy (non-hydrogen) atoms. The highest BCUT2D eigenvalue weighted by molar-refractivity contribution is 7.97. The first-order valence-electron chi connectivity index (χ1n) is 7.41. The molecule has 9 heteroatoms. The zero-order valence-corrected chi connectivity index (χ0v) is 14.5. The summed E-state index contributed by atoms with van der Waals surface area (Å²) in [7, 11) is -3.09. The number of hydrogen-bond acceptors (Lipinski definition) is 4. The van der Waals surface area contributed by atoms with Gasteiger partial charge in [-0.15, -0.1) is 0 Å². The lowest BCUT2D eigenvalue weighted by Crippen LogP contribution is -2.30. The Hall–Kier alpha value is -2.81. The van der Waals surface area contributed by atoms with Gasteiger partial charge in [0.25, 0.3) is 10.0 Å². The van der Waals surface area contributed by atoms with E-state index in [1.165, 1.54) is 19.2 Å². The maximum Gasteiger partial charge on any atom is 0.349 e. The molecule has 0 saturated heterocycles. The molecule has 2 N–H and O–H groups in total. The number of aliphatic carboxylic acids is 1. The van der Waals surface area contributed by atoms with Crippen molar-refractivity contribution in [3.05, 3.63) is 34.4 Å². The Kier molecular flexibility index (Phi) is 3.64. The molecule has 1 aliphatic heterocycles. The van der Waals surface area contributed by atoms with Crippen LogP contribution >= 0.6 is 0 Å². The van der Waals surface area contributed by atoms with Gasteiger partial charge in [-0.25, -0.2) is 18.0 Å². The number of rotatable bonds is 3. The van der Waals surface area contributed by atoms with E-state index in [0.717, 1.165) is 10.4 Å². The van der Waals surface area contributed by atoms with Crippen LogP contribution in [0.4, 0.5) is 5.69 Å². The minimum atomic E-state index is -4.30. The van der Waals surface area contributed by atoms with Crippen LogP contribution in [0.5, 0.6) is 0 Å². The Labute approximate surface area is 143 Å². The van der Waals surface area contributed by atoms with E-state index >= 15 is 0 Å². The van der Waals surface area contributed by atoms with Gasteiger partial charge < -0.3 is 14.8 Å². The van der Waals surface area contributed by atoms with Gasteiger partial charge in [-0.2, -0.15) is 0 Å². The van der Waals surface area contributed by atoms with Crippen molar-refractivity contribution >= 4 is 44.6 Å². The average molecular weight is 364 g/mol. The van der Waals surface area contributed by atoms with Gasteiger partial charge in [0.15, 0.2) is 4.91 Å². The van der Waals surface area contributed by atoms with Crippen LogP contribution in [0.25, 0.3) is 17.0 Å². The van der Waals surface area contributed by atoms with E-state index in [9.17, 15) is 28.2 Å². The molecule has 1 aliphatic rings. The van der Waals surface area contributed by atoms with Gasteiger partial charge in [-0.3, -0.25) is 4.31 Å². The van der Waals surface area contributed by atoms with Crippen LogP contribution in [-0.4, -0.2) is 42.2 Å². The molecule has 1 aromatic heterocycles. The largest absolute Gasteiger partial charge is 0.478 e. The smallest absolute Gasteiger partial charge is 0.349 e. The third-order valence-corrected chi connectivity index (χ3v) is 5.99. The molecule has 3 rings (SSSR count). The van der Waals surface area contributed by atoms with Gasteiger partial charge in [0.2, 0.25) is 0 Å². The van der Waals surface area contributed by atoms with Crippen LogP contribution in [0.2, 0.25) is 0 Å². The molecule has 0 fully saturated rings. The maximum absolute atomic E-state index is 12.6. The zero-order chi connectivity index (χ0) is 18.7. The van der Waals surface area contributed by atoms with E-state index in [1.807, 2.05) is 13.8 Å². The van der Waals surface area contributed by atoms with Crippen LogP contribution in [0.3, 0.4) is 0 Å². The minimum Gasteiger partial charge on any atom is -0.478 e. The summed E-state index contributed by atoms with van der Waals surface area (Å²) >= 11 is 0. The van der Waals surface area contributed by atoms with Crippen molar-refractivity contribution in [3.63, 3.8) is 0 Å². The Balaban J connectivity index is 2.53. The SMILES string of the molecule is CC(C)n1cc2c3c(cc(C(=O)O)cc31)N(C)S(=O)(=O)C(C(=O)O)=C2. The zero-order valence-electron chi connectivity index (χ0n) is 13.7. The first kappa shape index (κ1) is 17.0. The van der Waals surface area contributed by atoms with E-state index in [-0.39, 0.29) is 17.3 Å². The van der Waals surface area contributed by atoms with E-state index in [2.05, 4.69) is 0 Å². The third kappa shape index (κ3) is 2.39. The monoisotopic (exact) mass is 364 g/mol. The van der Waals surface area contributed by atoms with Crippen LogP contribution in [0.15, 0.2) is 23.2 Å². The highest BCUT2D eigenvalue weighted by atomic mass is 32.2. The molecule has 0 atom stereocenters. The second-order valence-corrected chi connectivity index (χ2v) is 8.00. The molecule has 0 bridgehead atoms. The Morgan fingerprint density at radius 1 is 1.12 bits per heavy atom. The molecule has 8 nitrogen and oxygen atoms in total. The van der Waals surface area contributed by atoms with Gasteiger partial charge in [0.1, 0.15) is 0 Å². The fourth-order valence-corrected chi connectivity index (χ4v) is 4.16. The minimum absolute atomic E-state index is 0.0313. The number of anilines is 1. The van der Waals surface area contributed by atoms with Crippen molar-refractivity contribution in [2.24, 2.45) is 0 Å². The lowest BCUT2D eigenvalue weighted by Gasteiger charge is -2.20. The van der Waals surface area contributed by atoms with Crippen molar-refractivity contribution < 1.29 is 28.2 Å². The molecule has 0 radical (unpaired) electrons. The molecule has 0 saturated carbocycles. The van der Waals surface area contributed by atoms with E-state index in [1.54, 1.807) is 10.8 Å². The standard InChI is InChI=1S/C16H16N2O6S/c1-8(2)18-7-10-6-13(16(21)22)25(23,24)17(3)11-4-9(15(19)20)5-12(18)14(10)11/h4-8H,1-3H3,(H,19,20)(H,21,22). The second kappa shape index (κ2) is 5.35. The van der Waals surface area contributed by atoms with E-state index < -0.39 is 26.9 Å². The topological polar surface area (TPSA) is 117 Å². The number of carboxylic acid groups (broad SMARTS) is 2. The lowest BCUT2D eigenvalue weighted by atomic mass is 10.1. The van der Waals surface area contributed by atoms with Gasteiger partial charge in [-0.1, -0.05) is 0 Å². The van der Waals surface area contributed by atoms with Crippen LogP contribution in [0.1, 0.15) is 35.8 Å². The number of aromatic nitrogens is 1. The summed E-state index contributed by atoms with van der Waals surface area (Å²) in [6.07, 6.45) is 2.76. The van der Waals surface area contributed by atoms with Gasteiger partial charge in [0, 0.05) is 30.2 Å². The predicted octanol–water partition coefficient (Wildman–Crippen LogP) is 2.13. The van der Waals surface area contributed by atoms with Crippen LogP contribution in [0, 0.1) is 0 Å². The molecule has 0 spiro atoms. The van der Waals surface area contributed by atoms with Crippen molar-refractivity contribution in [1.82, 2.24) is 4.57 Å². The summed E-state index contributed by atoms with van der Waals surface area (Å²) in [6.45, 7) is 3.79. The molecule has 1 aromatic carbocycles. The molecule has 132 valence electrons. The maximum atomic E-state index is 12.6. The molecule has 2 heterocycles. The number of aromatic carboxylic acids is 1. The quantitative estimate of drug-likeness (QED) is 0.861. The van der Waals surface area contributed by atoms with Gasteiger partial charge in [-0.05, 0) is 32.1 Å². The number of sulfonamides is 1. The summed E-state index contributed by atoms with van der Waals surface area (Å²) in [5.41, 5.74) is 1.01. The van der Waals surface area contributed by atoms with Crippen molar-refractivity contribution in [2.75, 3.05) is 11.4 Å². The number of carboxylic acids is 2. The summed E-state index contributed by atoms with van der Waals surface area (Å²) < 4.78 is 27.8. The first-order chi connectivity index (χ1) is 11.6. The number of benzene rings is 1. The summed E-state index contributed by atoms with van der Waals surface area (Å²) in [5, 5.41) is 19.2. The number of nitrogens with zero attached hydrogens (tertiary/aromatic N) is 2. The van der Waals surface area contributed by atoms with Crippen LogP contribution in [-0.2, 0) is 14.8 Å². The van der Waals surface area contributed by atoms with Crippen LogP contribution < -0.4 is 4.31 Å². The molecular formula is C16H16N2O6S. The Bertz CT molecular complexity index is 1060. The molecule has 0 amide bonds. The molecule has 2 aromatic rings. The average Bonchev–Trinajstić information content (AvgIpc) is 2.85. The first-order valence-corrected chi connectivity index (χ1v) is 8.85. The molecular weight excluding hydrogens is 348 g/mol. The van der Waals surface area contributed by atoms with Gasteiger partial charge >= 0.3 is 11.9 Å². The fourth-order valence-electron chi connectivity index (χ4n) is 2.97. The van der Waals surface area contributed by atoms with Crippen molar-refractivity contribution in [2.45, 2.75) is 19.9 Å². The summed E-state index contributed by atoms with van der Waals surface area (Å²) in [6, 6.07) is 2.68. The normalized spacial score (nSPS) is 16.0. The number of hydrogen-bond donors (Lipinski definition) is 2. The fraction of sp³-hybridized carbons (Fsp3) is 0.250. The highest BCUT2D eigenvalue weighted by Crippen LogP contribution is 2.40. The van der Waals surface area contributed by atoms with Gasteiger partial charge in [0.05, 0.1) is 16.8 Å². The Morgan fingerprint density at radius 3 is 2.28 bits per heavy atom. The third-order valence-electron chi connectivity index (χ3n) is 4.22. The predicted molar refractivity (Wildman–Crippen MR) is 92.2 cm³/mol. The lowest BCUT2D eigenvalue weighted by molar-refractivity contribution is -0.131. The Morgan fingerprint density at radius 2 is 1.76 bits per heavy atom. The summed E-state index contributed by atoms with van der Waals surface area (Å²) in [4.78, 5) is 22.2. The molecule has 0 unspecified atom stereocenters. The van der Waals surface area contributed by atoms with Crippen molar-refractivity contribution in [3.8, 4) is 0 Å². The highest BCUT2D eigenvalue weighted by Gasteiger charge is 2.35. The van der Waals surface area contributed by atoms with E-state index in [0.29, 0.717) is 16.5 Å². The number of carbonyl (C=O) groups is 2.